The molecule has 4 heteroatoms. The van der Waals surface area contributed by atoms with Gasteiger partial charge >= 0.3 is 0 Å². The topological polar surface area (TPSA) is 26.3 Å². The zero-order valence-electron chi connectivity index (χ0n) is 84.2. The Kier molecular flexibility index (Phi) is 23.5. The van der Waals surface area contributed by atoms with E-state index < -0.39 is 16.1 Å². The van der Waals surface area contributed by atoms with Gasteiger partial charge < -0.3 is 8.83 Å². The standard InChI is InChI=1S/C134H138O2Si2/c1-13-17-21-25-29-41-73-133(74-42-30-26-22-18-14-2)111-49-37-33-45-97(111)103-71-65-95(81-117(103)133)93-63-69-101-99-67-61-91(77-113(99)131(5,6)115(101)79-93)87-53-57-89(58-54-87)107-83-123-125(127-105-47-35-39-51-119(105)135-129(107)127)109-85-122-110(86-121(109)137(123,9)10)126-124(138(122,11)12)84-108(130-128(126)106-48-36-40-52-120(106)136-130)90-59-55-88(56-60-90)92-62-68-100-102-70-64-94(80-116(102)132(7,8)114(100)78-92)96-66-72-104-98-46-34-38-50-112(98)134(118(104)82-96,75-43-31-27-23-19-15-3)76-44-32-28-24-20-16-4/h33-40,45-72,77-86H,13-32,41-44,73-76H2,1-12H3. The fraction of sp³-hybridized carbons (Fsp3) is 0.328. The first-order valence-electron chi connectivity index (χ1n) is 53.7. The number of fused-ring (bicyclic) bond motifs is 26. The van der Waals surface area contributed by atoms with E-state index in [1.54, 1.807) is 22.3 Å². The van der Waals surface area contributed by atoms with Crippen LogP contribution in [0.4, 0.5) is 0 Å². The van der Waals surface area contributed by atoms with Gasteiger partial charge in [0.2, 0.25) is 0 Å². The maximum atomic E-state index is 7.27. The summed E-state index contributed by atoms with van der Waals surface area (Å²) in [5.74, 6) is 0. The fourth-order valence-electron chi connectivity index (χ4n) is 27.4. The van der Waals surface area contributed by atoms with Crippen LogP contribution >= 0.6 is 0 Å². The highest BCUT2D eigenvalue weighted by atomic mass is 28.3. The Morgan fingerprint density at radius 3 is 0.783 bits per heavy atom. The molecule has 138 heavy (non-hydrogen) atoms. The van der Waals surface area contributed by atoms with E-state index in [0.717, 1.165) is 22.3 Å². The molecule has 6 aliphatic rings. The van der Waals surface area contributed by atoms with Crippen molar-refractivity contribution in [3.8, 4) is 134 Å². The molecular formula is C134H138O2Si2. The molecule has 23 rings (SSSR count). The van der Waals surface area contributed by atoms with E-state index in [4.69, 9.17) is 8.83 Å². The van der Waals surface area contributed by atoms with Crippen LogP contribution in [0.15, 0.2) is 288 Å². The normalized spacial score (nSPS) is 15.4. The van der Waals surface area contributed by atoms with Gasteiger partial charge in [-0.05, 0) is 262 Å². The average Bonchev–Trinajstić information content (AvgIpc) is 1.51. The molecule has 0 atom stereocenters. The van der Waals surface area contributed by atoms with Crippen molar-refractivity contribution in [2.75, 3.05) is 0 Å². The van der Waals surface area contributed by atoms with Gasteiger partial charge in [-0.3, -0.25) is 0 Å². The van der Waals surface area contributed by atoms with Crippen molar-refractivity contribution in [1.29, 1.82) is 0 Å². The lowest BCUT2D eigenvalue weighted by Crippen LogP contribution is -2.51. The third-order valence-corrected chi connectivity index (χ3v) is 42.1. The Morgan fingerprint density at radius 1 is 0.210 bits per heavy atom. The minimum atomic E-state index is -2.44. The van der Waals surface area contributed by atoms with Crippen molar-refractivity contribution in [2.45, 2.75) is 283 Å². The zero-order valence-corrected chi connectivity index (χ0v) is 86.2. The van der Waals surface area contributed by atoms with Crippen LogP contribution in [0.1, 0.15) is 280 Å². The third kappa shape index (κ3) is 14.7. The van der Waals surface area contributed by atoms with Gasteiger partial charge in [0.05, 0.1) is 0 Å². The summed E-state index contributed by atoms with van der Waals surface area (Å²) in [6, 6.07) is 111. The van der Waals surface area contributed by atoms with E-state index in [9.17, 15) is 0 Å². The molecule has 0 saturated heterocycles. The van der Waals surface area contributed by atoms with Crippen LogP contribution in [0, 0.1) is 0 Å². The van der Waals surface area contributed by atoms with Crippen molar-refractivity contribution < 1.29 is 8.83 Å². The van der Waals surface area contributed by atoms with Gasteiger partial charge in [-0.1, -0.05) is 466 Å². The summed E-state index contributed by atoms with van der Waals surface area (Å²) in [6.45, 7) is 29.6. The molecule has 0 N–H and O–H groups in total. The first-order chi connectivity index (χ1) is 67.3. The predicted molar refractivity (Wildman–Crippen MR) is 598 cm³/mol. The number of hydrogen-bond donors (Lipinski definition) is 0. The Bertz CT molecular complexity index is 7150. The molecule has 2 aliphatic heterocycles. The first kappa shape index (κ1) is 90.2. The van der Waals surface area contributed by atoms with Crippen LogP contribution in [0.25, 0.3) is 177 Å². The second kappa shape index (κ2) is 35.9. The van der Waals surface area contributed by atoms with Gasteiger partial charge in [0.1, 0.15) is 38.5 Å². The van der Waals surface area contributed by atoms with Gasteiger partial charge in [-0.15, -0.1) is 0 Å². The van der Waals surface area contributed by atoms with E-state index in [0.29, 0.717) is 0 Å². The minimum Gasteiger partial charge on any atom is -0.455 e. The molecule has 17 aromatic rings. The molecule has 0 unspecified atom stereocenters. The van der Waals surface area contributed by atoms with E-state index in [1.165, 1.54) is 378 Å². The summed E-state index contributed by atoms with van der Waals surface area (Å²) in [5, 5.41) is 10.8. The second-order valence-corrected chi connectivity index (χ2v) is 53.4. The Balaban J connectivity index is 0.530. The summed E-state index contributed by atoms with van der Waals surface area (Å²) >= 11 is 0. The minimum absolute atomic E-state index is 0.0413. The zero-order chi connectivity index (χ0) is 94.1. The maximum Gasteiger partial charge on any atom is 0.143 e. The second-order valence-electron chi connectivity index (χ2n) is 44.8. The van der Waals surface area contributed by atoms with Crippen LogP contribution in [0.2, 0.25) is 26.2 Å². The number of hydrogen-bond acceptors (Lipinski definition) is 2. The molecule has 0 saturated carbocycles. The SMILES string of the molecule is CCCCCCCCC1(CCCCCCCC)c2ccccc2-c2ccc(-c3ccc4c(c3)C(C)(C)c3cc(-c5ccc(-c6cc7c(c8c6oc6ccccc68)-c6cc8c(cc6[Si]7(C)C)-c6c(cc(-c7ccc(-c9ccc%10c(c9)C(C)(C)c9cc(-c%11ccc%12c(c%11)C(CCCCCCCC)(CCCCCCCC)c%11ccccc%11-%12)ccc9-%10)cc7)c7oc9ccccc9c67)[Si]8(C)C)cc5)ccc3-4)cc21. The van der Waals surface area contributed by atoms with Gasteiger partial charge in [-0.2, -0.15) is 0 Å². The monoisotopic (exact) mass is 1840 g/mol. The van der Waals surface area contributed by atoms with E-state index >= 15 is 0 Å². The van der Waals surface area contributed by atoms with Crippen LogP contribution in [-0.2, 0) is 21.7 Å². The molecular weight excluding hydrogens is 1700 g/mol. The summed E-state index contributed by atoms with van der Waals surface area (Å²) in [5.41, 5.74) is 47.2. The molecule has 2 aromatic heterocycles. The molecule has 0 fully saturated rings. The smallest absolute Gasteiger partial charge is 0.143 e. The quantitative estimate of drug-likeness (QED) is 0.0297. The van der Waals surface area contributed by atoms with Gasteiger partial charge in [0, 0.05) is 54.3 Å². The Labute approximate surface area is 823 Å². The number of unbranched alkanes of at least 4 members (excludes halogenated alkanes) is 20. The van der Waals surface area contributed by atoms with E-state index in [-0.39, 0.29) is 21.7 Å². The molecule has 4 heterocycles. The first-order valence-corrected chi connectivity index (χ1v) is 59.7. The third-order valence-electron chi connectivity index (χ3n) is 35.1. The lowest BCUT2D eigenvalue weighted by molar-refractivity contribution is 0.398. The highest BCUT2D eigenvalue weighted by Crippen LogP contribution is 2.61. The molecule has 0 amide bonds. The summed E-state index contributed by atoms with van der Waals surface area (Å²) in [7, 11) is -4.88. The van der Waals surface area contributed by atoms with Crippen molar-refractivity contribution in [3.05, 3.63) is 324 Å². The van der Waals surface area contributed by atoms with Gasteiger partial charge in [0.15, 0.2) is 0 Å². The molecule has 15 aromatic carbocycles. The van der Waals surface area contributed by atoms with Gasteiger partial charge in [-0.25, -0.2) is 0 Å². The van der Waals surface area contributed by atoms with Crippen molar-refractivity contribution in [3.63, 3.8) is 0 Å². The van der Waals surface area contributed by atoms with E-state index in [1.807, 2.05) is 0 Å². The summed E-state index contributed by atoms with van der Waals surface area (Å²) in [4.78, 5) is 0. The highest BCUT2D eigenvalue weighted by Gasteiger charge is 2.49. The highest BCUT2D eigenvalue weighted by molar-refractivity contribution is 7.06. The lowest BCUT2D eigenvalue weighted by Gasteiger charge is -2.33. The van der Waals surface area contributed by atoms with E-state index in [2.05, 4.69) is 361 Å². The fourth-order valence-corrected chi connectivity index (χ4v) is 33.5. The number of rotatable bonds is 34. The predicted octanol–water partition coefficient (Wildman–Crippen LogP) is 37.2. The number of furan rings is 2. The number of benzene rings is 15. The van der Waals surface area contributed by atoms with Crippen molar-refractivity contribution >= 4 is 80.8 Å². The number of para-hydroxylation sites is 2. The Morgan fingerprint density at radius 2 is 0.457 bits per heavy atom. The molecule has 0 spiro atoms. The van der Waals surface area contributed by atoms with Crippen LogP contribution in [0.3, 0.4) is 0 Å². The van der Waals surface area contributed by atoms with Crippen molar-refractivity contribution in [2.24, 2.45) is 0 Å². The van der Waals surface area contributed by atoms with Crippen molar-refractivity contribution in [1.82, 2.24) is 0 Å². The molecule has 0 bridgehead atoms. The van der Waals surface area contributed by atoms with Crippen LogP contribution < -0.4 is 20.7 Å². The molecule has 2 nitrogen and oxygen atoms in total. The van der Waals surface area contributed by atoms with Crippen LogP contribution in [0.5, 0.6) is 0 Å². The summed E-state index contributed by atoms with van der Waals surface area (Å²) < 4.78 is 14.5. The van der Waals surface area contributed by atoms with Crippen LogP contribution in [-0.4, -0.2) is 16.1 Å². The average molecular weight is 1840 g/mol. The maximum absolute atomic E-state index is 7.27. The van der Waals surface area contributed by atoms with Gasteiger partial charge in [0.25, 0.3) is 0 Å². The lowest BCUT2D eigenvalue weighted by atomic mass is 9.70. The summed E-state index contributed by atoms with van der Waals surface area (Å²) in [6.07, 6.45) is 36.6. The largest absolute Gasteiger partial charge is 0.455 e. The Hall–Kier alpha value is -11.7. The molecule has 694 valence electrons. The molecule has 0 radical (unpaired) electrons. The molecule has 4 aliphatic carbocycles.